The summed E-state index contributed by atoms with van der Waals surface area (Å²) < 4.78 is 10.6. The highest BCUT2D eigenvalue weighted by atomic mass is 35.5. The molecule has 0 saturated carbocycles. The lowest BCUT2D eigenvalue weighted by Gasteiger charge is -2.15. The van der Waals surface area contributed by atoms with Crippen LogP contribution in [-0.2, 0) is 4.79 Å². The van der Waals surface area contributed by atoms with E-state index < -0.39 is 5.56 Å². The molecule has 0 unspecified atom stereocenters. The number of halogens is 2. The topological polar surface area (TPSA) is 118 Å². The molecule has 0 spiro atoms. The number of pyridine rings is 1. The Hall–Kier alpha value is -4.08. The van der Waals surface area contributed by atoms with Crippen LogP contribution in [0.4, 0.5) is 17.2 Å². The number of H-pyrrole nitrogens is 1. The van der Waals surface area contributed by atoms with E-state index in [-0.39, 0.29) is 21.4 Å². The van der Waals surface area contributed by atoms with Gasteiger partial charge in [0.2, 0.25) is 6.41 Å². The summed E-state index contributed by atoms with van der Waals surface area (Å²) in [6, 6.07) is 8.57. The van der Waals surface area contributed by atoms with E-state index in [1.807, 2.05) is 26.0 Å². The van der Waals surface area contributed by atoms with Gasteiger partial charge in [-0.05, 0) is 31.5 Å². The number of nitrogens with one attached hydrogen (secondary N) is 3. The minimum atomic E-state index is -0.421. The fraction of sp³-hybridized carbons (Fsp3) is 0.154. The highest BCUT2D eigenvalue weighted by Gasteiger charge is 2.21. The molecule has 0 aliphatic heterocycles. The van der Waals surface area contributed by atoms with Gasteiger partial charge in [0.05, 0.1) is 58.3 Å². The average Bonchev–Trinajstić information content (AvgIpc) is 2.87. The van der Waals surface area contributed by atoms with Crippen molar-refractivity contribution < 1.29 is 14.3 Å². The number of carbonyl (C=O) groups is 1. The first-order valence-corrected chi connectivity index (χ1v) is 11.7. The third kappa shape index (κ3) is 5.84. The second-order valence-corrected chi connectivity index (χ2v) is 8.33. The Morgan fingerprint density at radius 3 is 2.35 bits per heavy atom. The van der Waals surface area contributed by atoms with Gasteiger partial charge in [0.15, 0.2) is 0 Å². The summed E-state index contributed by atoms with van der Waals surface area (Å²) in [6.07, 6.45) is 3.80. The number of aromatic nitrogens is 3. The molecule has 192 valence electrons. The van der Waals surface area contributed by atoms with Crippen molar-refractivity contribution in [1.82, 2.24) is 15.0 Å². The molecule has 0 saturated heterocycles. The van der Waals surface area contributed by atoms with Gasteiger partial charge >= 0.3 is 0 Å². The molecule has 0 aliphatic carbocycles. The van der Waals surface area contributed by atoms with E-state index in [1.54, 1.807) is 24.3 Å². The smallest absolute Gasteiger partial charge is 0.259 e. The molecule has 0 radical (unpaired) electrons. The largest absolute Gasteiger partial charge is 0.495 e. The van der Waals surface area contributed by atoms with Crippen LogP contribution >= 0.6 is 23.2 Å². The molecule has 1 amide bonds. The number of anilines is 3. The van der Waals surface area contributed by atoms with Crippen molar-refractivity contribution in [3.8, 4) is 22.9 Å². The van der Waals surface area contributed by atoms with Gasteiger partial charge in [0, 0.05) is 6.07 Å². The summed E-state index contributed by atoms with van der Waals surface area (Å²) in [4.78, 5) is 35.5. The first kappa shape index (κ1) is 27.5. The number of amides is 1. The molecule has 4 aromatic rings. The maximum absolute atomic E-state index is 13.0. The van der Waals surface area contributed by atoms with Gasteiger partial charge in [-0.25, -0.2) is 9.97 Å². The lowest BCUT2D eigenvalue weighted by Crippen LogP contribution is -2.11. The third-order valence-electron chi connectivity index (χ3n) is 5.14. The SMILES string of the molecule is C=CC.COc1cc(OC)c(Cl)c(-c2nc3cnc(Nc4c(C)cccc4NC=O)cc3c(=O)[nH]2)c1Cl. The van der Waals surface area contributed by atoms with Crippen LogP contribution < -0.4 is 25.7 Å². The van der Waals surface area contributed by atoms with Crippen molar-refractivity contribution in [2.45, 2.75) is 13.8 Å². The molecule has 3 N–H and O–H groups in total. The molecular formula is C26H25Cl2N5O4. The molecule has 9 nitrogen and oxygen atoms in total. The monoisotopic (exact) mass is 541 g/mol. The van der Waals surface area contributed by atoms with E-state index in [0.717, 1.165) is 5.56 Å². The number of methoxy groups -OCH3 is 2. The van der Waals surface area contributed by atoms with Gasteiger partial charge in [-0.2, -0.15) is 0 Å². The van der Waals surface area contributed by atoms with Gasteiger partial charge in [0.25, 0.3) is 5.56 Å². The van der Waals surface area contributed by atoms with Crippen LogP contribution in [0.5, 0.6) is 11.5 Å². The lowest BCUT2D eigenvalue weighted by atomic mass is 10.1. The van der Waals surface area contributed by atoms with E-state index >= 15 is 0 Å². The van der Waals surface area contributed by atoms with Crippen LogP contribution in [0.15, 0.2) is 54.0 Å². The summed E-state index contributed by atoms with van der Waals surface area (Å²) in [5.41, 5.74) is 2.29. The van der Waals surface area contributed by atoms with Gasteiger partial charge in [-0.15, -0.1) is 6.58 Å². The van der Waals surface area contributed by atoms with E-state index in [0.29, 0.717) is 46.0 Å². The molecule has 2 heterocycles. The number of rotatable bonds is 7. The van der Waals surface area contributed by atoms with Crippen LogP contribution in [0, 0.1) is 6.92 Å². The van der Waals surface area contributed by atoms with E-state index in [2.05, 4.69) is 32.2 Å². The normalized spacial score (nSPS) is 10.2. The third-order valence-corrected chi connectivity index (χ3v) is 5.89. The molecule has 2 aromatic carbocycles. The molecule has 0 aliphatic rings. The quantitative estimate of drug-likeness (QED) is 0.190. The van der Waals surface area contributed by atoms with E-state index in [9.17, 15) is 9.59 Å². The zero-order chi connectivity index (χ0) is 27.1. The Morgan fingerprint density at radius 2 is 1.76 bits per heavy atom. The minimum Gasteiger partial charge on any atom is -0.495 e. The molecular weight excluding hydrogens is 517 g/mol. The standard InChI is InChI=1S/C23H19Cl2N5O4.C3H6/c1-11-5-4-6-13(27-10-31)21(11)29-17-7-12-14(9-26-17)28-22(30-23(12)32)18-19(24)15(33-2)8-16(34-3)20(18)25;1-3-2/h4-10H,1-3H3,(H,26,29)(H,27,31)(H,28,30,32);3H,1H2,2H3. The van der Waals surface area contributed by atoms with Gasteiger partial charge in [-0.3, -0.25) is 9.59 Å². The molecule has 0 atom stereocenters. The molecule has 4 rings (SSSR count). The number of ether oxygens (including phenoxy) is 2. The van der Waals surface area contributed by atoms with Crippen molar-refractivity contribution in [3.63, 3.8) is 0 Å². The first-order chi connectivity index (χ1) is 17.8. The number of allylic oxidation sites excluding steroid dienone is 1. The fourth-order valence-electron chi connectivity index (χ4n) is 3.47. The number of aromatic amines is 1. The summed E-state index contributed by atoms with van der Waals surface area (Å²) in [5.74, 6) is 1.17. The number of aryl methyl sites for hydroxylation is 1. The first-order valence-electron chi connectivity index (χ1n) is 10.9. The zero-order valence-corrected chi connectivity index (χ0v) is 22.1. The predicted octanol–water partition coefficient (Wildman–Crippen LogP) is 6.12. The van der Waals surface area contributed by atoms with Crippen molar-refractivity contribution in [2.75, 3.05) is 24.9 Å². The minimum absolute atomic E-state index is 0.142. The van der Waals surface area contributed by atoms with Crippen molar-refractivity contribution in [3.05, 3.63) is 75.1 Å². The maximum Gasteiger partial charge on any atom is 0.259 e. The maximum atomic E-state index is 13.0. The Labute approximate surface area is 223 Å². The summed E-state index contributed by atoms with van der Waals surface area (Å²) >= 11 is 12.9. The highest BCUT2D eigenvalue weighted by molar-refractivity contribution is 6.40. The van der Waals surface area contributed by atoms with Crippen LogP contribution in [0.1, 0.15) is 12.5 Å². The van der Waals surface area contributed by atoms with Crippen LogP contribution in [0.2, 0.25) is 10.0 Å². The average molecular weight is 542 g/mol. The Morgan fingerprint density at radius 1 is 1.11 bits per heavy atom. The molecule has 0 fully saturated rings. The fourth-order valence-corrected chi connectivity index (χ4v) is 4.15. The Kier molecular flexibility index (Phi) is 9.10. The summed E-state index contributed by atoms with van der Waals surface area (Å²) in [6.45, 7) is 7.13. The number of benzene rings is 2. The second kappa shape index (κ2) is 12.2. The number of carbonyl (C=O) groups excluding carboxylic acids is 1. The summed E-state index contributed by atoms with van der Waals surface area (Å²) in [7, 11) is 2.91. The Bertz CT molecular complexity index is 1490. The van der Waals surface area contributed by atoms with E-state index in [1.165, 1.54) is 20.4 Å². The van der Waals surface area contributed by atoms with E-state index in [4.69, 9.17) is 32.7 Å². The number of hydrogen-bond acceptors (Lipinski definition) is 7. The molecule has 0 bridgehead atoms. The van der Waals surface area contributed by atoms with Crippen LogP contribution in [0.25, 0.3) is 22.3 Å². The molecule has 11 heteroatoms. The van der Waals surface area contributed by atoms with Gasteiger partial charge < -0.3 is 25.1 Å². The van der Waals surface area contributed by atoms with Crippen LogP contribution in [-0.4, -0.2) is 35.6 Å². The molecule has 2 aromatic heterocycles. The van der Waals surface area contributed by atoms with Crippen LogP contribution in [0.3, 0.4) is 0 Å². The van der Waals surface area contributed by atoms with Crippen molar-refractivity contribution in [1.29, 1.82) is 0 Å². The highest BCUT2D eigenvalue weighted by Crippen LogP contribution is 2.44. The predicted molar refractivity (Wildman–Crippen MR) is 149 cm³/mol. The summed E-state index contributed by atoms with van der Waals surface area (Å²) in [5, 5.41) is 6.44. The second-order valence-electron chi connectivity index (χ2n) is 7.58. The Balaban J connectivity index is 0.00000121. The molecule has 37 heavy (non-hydrogen) atoms. The number of para-hydroxylation sites is 1. The number of nitrogens with zero attached hydrogens (tertiary/aromatic N) is 2. The van der Waals surface area contributed by atoms with Crippen molar-refractivity contribution in [2.24, 2.45) is 0 Å². The van der Waals surface area contributed by atoms with Crippen molar-refractivity contribution >= 4 is 57.7 Å². The number of hydrogen-bond donors (Lipinski definition) is 3. The zero-order valence-electron chi connectivity index (χ0n) is 20.6. The number of fused-ring (bicyclic) bond motifs is 1. The van der Waals surface area contributed by atoms with Gasteiger partial charge in [0.1, 0.15) is 23.1 Å². The lowest BCUT2D eigenvalue weighted by molar-refractivity contribution is -0.105. The van der Waals surface area contributed by atoms with Gasteiger partial charge in [-0.1, -0.05) is 41.4 Å².